The number of rotatable bonds is 1. The lowest BCUT2D eigenvalue weighted by Crippen LogP contribution is -2.37. The first-order valence-electron chi connectivity index (χ1n) is 6.46. The fourth-order valence-electron chi connectivity index (χ4n) is 2.79. The summed E-state index contributed by atoms with van der Waals surface area (Å²) >= 11 is 3.42. The maximum absolute atomic E-state index is 10.2. The highest BCUT2D eigenvalue weighted by Gasteiger charge is 2.33. The van der Waals surface area contributed by atoms with Crippen LogP contribution in [-0.2, 0) is 4.74 Å². The van der Waals surface area contributed by atoms with E-state index in [2.05, 4.69) is 15.9 Å². The van der Waals surface area contributed by atoms with Crippen LogP contribution in [0.5, 0.6) is 5.75 Å². The van der Waals surface area contributed by atoms with E-state index < -0.39 is 6.10 Å². The van der Waals surface area contributed by atoms with Gasteiger partial charge in [0.15, 0.2) is 0 Å². The molecule has 3 unspecified atom stereocenters. The molecule has 1 fully saturated rings. The van der Waals surface area contributed by atoms with Gasteiger partial charge in [0.1, 0.15) is 11.9 Å². The van der Waals surface area contributed by atoms with Crippen LogP contribution in [0.3, 0.4) is 0 Å². The summed E-state index contributed by atoms with van der Waals surface area (Å²) in [6, 6.07) is 5.82. The van der Waals surface area contributed by atoms with Crippen molar-refractivity contribution in [1.82, 2.24) is 0 Å². The van der Waals surface area contributed by atoms with Gasteiger partial charge in [-0.1, -0.05) is 15.9 Å². The van der Waals surface area contributed by atoms with Gasteiger partial charge in [0.05, 0.1) is 12.7 Å². The molecule has 1 saturated heterocycles. The van der Waals surface area contributed by atoms with E-state index in [0.717, 1.165) is 41.8 Å². The van der Waals surface area contributed by atoms with Crippen LogP contribution in [0.25, 0.3) is 0 Å². The lowest BCUT2D eigenvalue weighted by Gasteiger charge is -2.36. The van der Waals surface area contributed by atoms with Crippen LogP contribution in [0.2, 0.25) is 0 Å². The molecule has 3 rings (SSSR count). The summed E-state index contributed by atoms with van der Waals surface area (Å²) in [5, 5.41) is 10.2. The summed E-state index contributed by atoms with van der Waals surface area (Å²) in [5.74, 6) is 1.22. The minimum absolute atomic E-state index is 0.0778. The van der Waals surface area contributed by atoms with Crippen molar-refractivity contribution in [3.8, 4) is 5.75 Å². The topological polar surface area (TPSA) is 38.7 Å². The number of hydrogen-bond donors (Lipinski definition) is 1. The predicted molar refractivity (Wildman–Crippen MR) is 71.7 cm³/mol. The number of aliphatic hydroxyl groups excluding tert-OH is 1. The number of hydrogen-bond acceptors (Lipinski definition) is 3. The molecule has 1 aromatic carbocycles. The Morgan fingerprint density at radius 2 is 2.22 bits per heavy atom. The van der Waals surface area contributed by atoms with Gasteiger partial charge in [-0.05, 0) is 31.0 Å². The average molecular weight is 313 g/mol. The molecule has 2 aliphatic heterocycles. The summed E-state index contributed by atoms with van der Waals surface area (Å²) in [6.45, 7) is 1.61. The Morgan fingerprint density at radius 3 is 3.00 bits per heavy atom. The molecular weight excluding hydrogens is 296 g/mol. The molecule has 1 aromatic rings. The second kappa shape index (κ2) is 5.19. The van der Waals surface area contributed by atoms with Gasteiger partial charge in [-0.3, -0.25) is 0 Å². The molecule has 0 aromatic heterocycles. The summed E-state index contributed by atoms with van der Waals surface area (Å²) in [6.07, 6.45) is 2.53. The van der Waals surface area contributed by atoms with Crippen LogP contribution in [0.1, 0.15) is 30.9 Å². The van der Waals surface area contributed by atoms with Crippen LogP contribution >= 0.6 is 15.9 Å². The zero-order valence-corrected chi connectivity index (χ0v) is 11.7. The highest BCUT2D eigenvalue weighted by molar-refractivity contribution is 9.10. The molecule has 98 valence electrons. The molecule has 0 bridgehead atoms. The van der Waals surface area contributed by atoms with Crippen molar-refractivity contribution >= 4 is 15.9 Å². The van der Waals surface area contributed by atoms with E-state index in [1.165, 1.54) is 0 Å². The third-order valence-electron chi connectivity index (χ3n) is 3.79. The Labute approximate surface area is 115 Å². The second-order valence-corrected chi connectivity index (χ2v) is 5.98. The molecule has 1 N–H and O–H groups in total. The van der Waals surface area contributed by atoms with Crippen LogP contribution in [0, 0.1) is 5.92 Å². The summed E-state index contributed by atoms with van der Waals surface area (Å²) < 4.78 is 12.5. The molecule has 0 saturated carbocycles. The second-order valence-electron chi connectivity index (χ2n) is 5.07. The monoisotopic (exact) mass is 312 g/mol. The number of benzene rings is 1. The van der Waals surface area contributed by atoms with E-state index in [-0.39, 0.29) is 6.10 Å². The summed E-state index contributed by atoms with van der Waals surface area (Å²) in [4.78, 5) is 0. The molecule has 2 heterocycles. The quantitative estimate of drug-likeness (QED) is 0.866. The smallest absolute Gasteiger partial charge is 0.125 e. The van der Waals surface area contributed by atoms with Gasteiger partial charge < -0.3 is 14.6 Å². The minimum atomic E-state index is -0.432. The fraction of sp³-hybridized carbons (Fsp3) is 0.571. The average Bonchev–Trinajstić information content (AvgIpc) is 2.40. The SMILES string of the molecule is OC1CC(C2CCCOC2)Oc2ccc(Br)cc21. The molecule has 4 heteroatoms. The van der Waals surface area contributed by atoms with E-state index in [0.29, 0.717) is 12.3 Å². The lowest BCUT2D eigenvalue weighted by atomic mass is 9.88. The van der Waals surface area contributed by atoms with Gasteiger partial charge in [0, 0.05) is 29.0 Å². The first kappa shape index (κ1) is 12.5. The molecule has 18 heavy (non-hydrogen) atoms. The van der Waals surface area contributed by atoms with Crippen molar-refractivity contribution in [1.29, 1.82) is 0 Å². The normalized spacial score (nSPS) is 31.6. The standard InChI is InChI=1S/C14H17BrO3/c15-10-3-4-13-11(6-10)12(16)7-14(18-13)9-2-1-5-17-8-9/h3-4,6,9,12,14,16H,1-2,5,7-8H2. The van der Waals surface area contributed by atoms with Crippen molar-refractivity contribution in [2.45, 2.75) is 31.5 Å². The first-order valence-corrected chi connectivity index (χ1v) is 7.25. The van der Waals surface area contributed by atoms with E-state index in [9.17, 15) is 5.11 Å². The van der Waals surface area contributed by atoms with Crippen molar-refractivity contribution < 1.29 is 14.6 Å². The Kier molecular flexibility index (Phi) is 3.59. The van der Waals surface area contributed by atoms with Gasteiger partial charge in [0.25, 0.3) is 0 Å². The van der Waals surface area contributed by atoms with Crippen LogP contribution in [0.15, 0.2) is 22.7 Å². The number of fused-ring (bicyclic) bond motifs is 1. The van der Waals surface area contributed by atoms with Crippen molar-refractivity contribution in [3.05, 3.63) is 28.2 Å². The van der Waals surface area contributed by atoms with Crippen LogP contribution in [-0.4, -0.2) is 24.4 Å². The third-order valence-corrected chi connectivity index (χ3v) is 4.28. The van der Waals surface area contributed by atoms with Crippen molar-refractivity contribution in [2.75, 3.05) is 13.2 Å². The molecule has 0 aliphatic carbocycles. The third kappa shape index (κ3) is 2.42. The summed E-state index contributed by atoms with van der Waals surface area (Å²) in [7, 11) is 0. The maximum Gasteiger partial charge on any atom is 0.125 e. The molecular formula is C14H17BrO3. The zero-order valence-electron chi connectivity index (χ0n) is 10.1. The Balaban J connectivity index is 1.80. The molecule has 0 spiro atoms. The number of aliphatic hydroxyl groups is 1. The van der Waals surface area contributed by atoms with E-state index in [1.54, 1.807) is 0 Å². The van der Waals surface area contributed by atoms with Gasteiger partial charge in [0.2, 0.25) is 0 Å². The van der Waals surface area contributed by atoms with Crippen LogP contribution in [0.4, 0.5) is 0 Å². The fourth-order valence-corrected chi connectivity index (χ4v) is 3.17. The van der Waals surface area contributed by atoms with E-state index >= 15 is 0 Å². The van der Waals surface area contributed by atoms with Gasteiger partial charge in [-0.15, -0.1) is 0 Å². The molecule has 3 nitrogen and oxygen atoms in total. The molecule has 3 atom stereocenters. The Morgan fingerprint density at radius 1 is 1.33 bits per heavy atom. The van der Waals surface area contributed by atoms with Crippen LogP contribution < -0.4 is 4.74 Å². The molecule has 0 radical (unpaired) electrons. The van der Waals surface area contributed by atoms with Gasteiger partial charge in [-0.25, -0.2) is 0 Å². The predicted octanol–water partition coefficient (Wildman–Crippen LogP) is 3.06. The minimum Gasteiger partial charge on any atom is -0.490 e. The Bertz CT molecular complexity index is 429. The highest BCUT2D eigenvalue weighted by atomic mass is 79.9. The highest BCUT2D eigenvalue weighted by Crippen LogP contribution is 2.39. The lowest BCUT2D eigenvalue weighted by molar-refractivity contribution is -0.0286. The Hall–Kier alpha value is -0.580. The molecule has 2 aliphatic rings. The first-order chi connectivity index (χ1) is 8.74. The number of halogens is 1. The van der Waals surface area contributed by atoms with Crippen molar-refractivity contribution in [3.63, 3.8) is 0 Å². The number of ether oxygens (including phenoxy) is 2. The van der Waals surface area contributed by atoms with E-state index in [4.69, 9.17) is 9.47 Å². The van der Waals surface area contributed by atoms with E-state index in [1.807, 2.05) is 18.2 Å². The van der Waals surface area contributed by atoms with Crippen molar-refractivity contribution in [2.24, 2.45) is 5.92 Å². The van der Waals surface area contributed by atoms with Gasteiger partial charge >= 0.3 is 0 Å². The largest absolute Gasteiger partial charge is 0.490 e. The maximum atomic E-state index is 10.2. The molecule has 0 amide bonds. The summed E-state index contributed by atoms with van der Waals surface area (Å²) in [5.41, 5.74) is 0.886. The zero-order chi connectivity index (χ0) is 12.5. The van der Waals surface area contributed by atoms with Gasteiger partial charge in [-0.2, -0.15) is 0 Å².